The van der Waals surface area contributed by atoms with Gasteiger partial charge in [0.05, 0.1) is 6.54 Å². The van der Waals surface area contributed by atoms with Gasteiger partial charge in [0.25, 0.3) is 0 Å². The van der Waals surface area contributed by atoms with Crippen LogP contribution in [0, 0.1) is 5.92 Å². The van der Waals surface area contributed by atoms with Crippen LogP contribution in [0.4, 0.5) is 13.2 Å². The molecule has 2 aliphatic heterocycles. The summed E-state index contributed by atoms with van der Waals surface area (Å²) in [5.74, 6) is 1.09. The quantitative estimate of drug-likeness (QED) is 0.577. The maximum atomic E-state index is 12.6. The Morgan fingerprint density at radius 1 is 1.07 bits per heavy atom. The number of likely N-dealkylation sites (tertiary alicyclic amines) is 1. The number of hydrogen-bond acceptors (Lipinski definition) is 3. The minimum Gasteiger partial charge on any atom is -0.357 e. The monoisotopic (exact) mass is 411 g/mol. The molecule has 1 unspecified atom stereocenters. The molecule has 8 heteroatoms. The maximum Gasteiger partial charge on any atom is 0.401 e. The second kappa shape index (κ2) is 10.3. The third-order valence-corrected chi connectivity index (χ3v) is 5.53. The first-order valence-corrected chi connectivity index (χ1v) is 10.5. The number of guanidine groups is 1. The fraction of sp³-hybridized carbons (Fsp3) is 0.667. The SMILES string of the molecule is CCNC(=NCC1CCN(CC(F)(F)F)C1)N1CCN(Cc2ccccc2)CC1. The summed E-state index contributed by atoms with van der Waals surface area (Å²) >= 11 is 0. The predicted molar refractivity (Wildman–Crippen MR) is 110 cm³/mol. The Hall–Kier alpha value is -1.80. The molecular weight excluding hydrogens is 379 g/mol. The first-order valence-electron chi connectivity index (χ1n) is 10.5. The summed E-state index contributed by atoms with van der Waals surface area (Å²) in [5.41, 5.74) is 1.33. The second-order valence-electron chi connectivity index (χ2n) is 7.95. The van der Waals surface area contributed by atoms with Crippen molar-refractivity contribution in [2.24, 2.45) is 10.9 Å². The van der Waals surface area contributed by atoms with Gasteiger partial charge in [0.15, 0.2) is 5.96 Å². The van der Waals surface area contributed by atoms with Crippen molar-refractivity contribution in [2.45, 2.75) is 26.1 Å². The molecule has 2 aliphatic rings. The van der Waals surface area contributed by atoms with Crippen LogP contribution in [-0.2, 0) is 6.54 Å². The number of piperazine rings is 1. The number of benzene rings is 1. The van der Waals surface area contributed by atoms with Crippen molar-refractivity contribution >= 4 is 5.96 Å². The normalized spacial score (nSPS) is 22.3. The first-order chi connectivity index (χ1) is 13.9. The molecule has 0 saturated carbocycles. The topological polar surface area (TPSA) is 34.1 Å². The minimum atomic E-state index is -4.12. The number of hydrogen-bond donors (Lipinski definition) is 1. The summed E-state index contributed by atoms with van der Waals surface area (Å²) < 4.78 is 37.7. The van der Waals surface area contributed by atoms with Crippen molar-refractivity contribution in [1.29, 1.82) is 0 Å². The lowest BCUT2D eigenvalue weighted by Gasteiger charge is -2.36. The number of nitrogens with one attached hydrogen (secondary N) is 1. The van der Waals surface area contributed by atoms with E-state index in [0.717, 1.165) is 51.6 Å². The second-order valence-corrected chi connectivity index (χ2v) is 7.95. The molecule has 29 heavy (non-hydrogen) atoms. The molecule has 0 radical (unpaired) electrons. The van der Waals surface area contributed by atoms with Gasteiger partial charge in [-0.2, -0.15) is 13.2 Å². The van der Waals surface area contributed by atoms with Gasteiger partial charge < -0.3 is 10.2 Å². The predicted octanol–water partition coefficient (Wildman–Crippen LogP) is 2.65. The zero-order valence-electron chi connectivity index (χ0n) is 17.2. The van der Waals surface area contributed by atoms with Gasteiger partial charge in [0.2, 0.25) is 0 Å². The van der Waals surface area contributed by atoms with E-state index in [1.807, 2.05) is 13.0 Å². The van der Waals surface area contributed by atoms with Crippen LogP contribution in [-0.4, -0.2) is 85.7 Å². The van der Waals surface area contributed by atoms with Gasteiger partial charge in [-0.1, -0.05) is 30.3 Å². The van der Waals surface area contributed by atoms with Crippen molar-refractivity contribution in [3.05, 3.63) is 35.9 Å². The molecule has 0 spiro atoms. The van der Waals surface area contributed by atoms with E-state index in [4.69, 9.17) is 4.99 Å². The number of aliphatic imine (C=N–C) groups is 1. The molecular formula is C21H32F3N5. The summed E-state index contributed by atoms with van der Waals surface area (Å²) in [6.45, 7) is 8.31. The standard InChI is InChI=1S/C21H32F3N5/c1-2-25-20(26-14-19-8-9-28(16-19)17-21(22,23)24)29-12-10-27(11-13-29)15-18-6-4-3-5-7-18/h3-7,19H,2,8-17H2,1H3,(H,25,26). The summed E-state index contributed by atoms with van der Waals surface area (Å²) in [4.78, 5) is 11.0. The van der Waals surface area contributed by atoms with Crippen LogP contribution >= 0.6 is 0 Å². The van der Waals surface area contributed by atoms with E-state index in [-0.39, 0.29) is 5.92 Å². The molecule has 1 N–H and O–H groups in total. The fourth-order valence-corrected chi connectivity index (χ4v) is 4.06. The van der Waals surface area contributed by atoms with Crippen LogP contribution in [0.25, 0.3) is 0 Å². The van der Waals surface area contributed by atoms with Crippen LogP contribution < -0.4 is 5.32 Å². The Labute approximate surface area is 171 Å². The van der Waals surface area contributed by atoms with Crippen molar-refractivity contribution in [3.63, 3.8) is 0 Å². The Morgan fingerprint density at radius 3 is 2.45 bits per heavy atom. The molecule has 1 aromatic rings. The van der Waals surface area contributed by atoms with Crippen molar-refractivity contribution < 1.29 is 13.2 Å². The molecule has 162 valence electrons. The highest BCUT2D eigenvalue weighted by atomic mass is 19.4. The Bertz CT molecular complexity index is 641. The van der Waals surface area contributed by atoms with Gasteiger partial charge in [-0.15, -0.1) is 0 Å². The molecule has 3 rings (SSSR count). The maximum absolute atomic E-state index is 12.6. The molecule has 1 atom stereocenters. The smallest absolute Gasteiger partial charge is 0.357 e. The molecule has 5 nitrogen and oxygen atoms in total. The zero-order chi connectivity index (χ0) is 20.7. The molecule has 0 bridgehead atoms. The van der Waals surface area contributed by atoms with Gasteiger partial charge in [0, 0.05) is 52.4 Å². The van der Waals surface area contributed by atoms with Gasteiger partial charge in [-0.3, -0.25) is 14.8 Å². The first kappa shape index (κ1) is 21.9. The lowest BCUT2D eigenvalue weighted by Crippen LogP contribution is -2.52. The van der Waals surface area contributed by atoms with Gasteiger partial charge in [-0.05, 0) is 31.4 Å². The van der Waals surface area contributed by atoms with Crippen LogP contribution in [0.15, 0.2) is 35.3 Å². The van der Waals surface area contributed by atoms with Crippen molar-refractivity contribution in [2.75, 3.05) is 58.9 Å². The lowest BCUT2D eigenvalue weighted by molar-refractivity contribution is -0.143. The van der Waals surface area contributed by atoms with Crippen LogP contribution in [0.2, 0.25) is 0 Å². The van der Waals surface area contributed by atoms with Crippen molar-refractivity contribution in [3.8, 4) is 0 Å². The van der Waals surface area contributed by atoms with Crippen molar-refractivity contribution in [1.82, 2.24) is 20.0 Å². The van der Waals surface area contributed by atoms with E-state index in [1.165, 1.54) is 10.5 Å². The number of alkyl halides is 3. The molecule has 0 amide bonds. The fourth-order valence-electron chi connectivity index (χ4n) is 4.06. The summed E-state index contributed by atoms with van der Waals surface area (Å²) in [5, 5.41) is 3.35. The van der Waals surface area contributed by atoms with E-state index in [2.05, 4.69) is 39.4 Å². The van der Waals surface area contributed by atoms with E-state index >= 15 is 0 Å². The number of nitrogens with zero attached hydrogens (tertiary/aromatic N) is 4. The highest BCUT2D eigenvalue weighted by Gasteiger charge is 2.34. The molecule has 2 saturated heterocycles. The van der Waals surface area contributed by atoms with E-state index in [0.29, 0.717) is 19.6 Å². The Balaban J connectivity index is 1.47. The van der Waals surface area contributed by atoms with Gasteiger partial charge in [0.1, 0.15) is 0 Å². The summed E-state index contributed by atoms with van der Waals surface area (Å²) in [6.07, 6.45) is -3.34. The van der Waals surface area contributed by atoms with Gasteiger partial charge >= 0.3 is 6.18 Å². The van der Waals surface area contributed by atoms with E-state index in [9.17, 15) is 13.2 Å². The average molecular weight is 412 g/mol. The average Bonchev–Trinajstić information content (AvgIpc) is 3.12. The molecule has 0 aromatic heterocycles. The highest BCUT2D eigenvalue weighted by molar-refractivity contribution is 5.80. The highest BCUT2D eigenvalue weighted by Crippen LogP contribution is 2.23. The largest absolute Gasteiger partial charge is 0.401 e. The third kappa shape index (κ3) is 7.19. The Morgan fingerprint density at radius 2 is 1.79 bits per heavy atom. The van der Waals surface area contributed by atoms with Crippen LogP contribution in [0.3, 0.4) is 0 Å². The molecule has 1 aromatic carbocycles. The summed E-state index contributed by atoms with van der Waals surface area (Å²) in [7, 11) is 0. The summed E-state index contributed by atoms with van der Waals surface area (Å²) in [6, 6.07) is 10.5. The third-order valence-electron chi connectivity index (χ3n) is 5.53. The zero-order valence-corrected chi connectivity index (χ0v) is 17.2. The number of rotatable bonds is 6. The van der Waals surface area contributed by atoms with Gasteiger partial charge in [-0.25, -0.2) is 0 Å². The minimum absolute atomic E-state index is 0.199. The molecule has 0 aliphatic carbocycles. The molecule has 2 fully saturated rings. The van der Waals surface area contributed by atoms with Crippen LogP contribution in [0.5, 0.6) is 0 Å². The van der Waals surface area contributed by atoms with Crippen LogP contribution in [0.1, 0.15) is 18.9 Å². The Kier molecular flexibility index (Phi) is 7.77. The number of halogens is 3. The lowest BCUT2D eigenvalue weighted by atomic mass is 10.1. The molecule has 2 heterocycles. The van der Waals surface area contributed by atoms with E-state index in [1.54, 1.807) is 0 Å². The van der Waals surface area contributed by atoms with E-state index < -0.39 is 12.7 Å².